The summed E-state index contributed by atoms with van der Waals surface area (Å²) >= 11 is 1.89. The number of thiophene rings is 1. The Labute approximate surface area is 360 Å². The van der Waals surface area contributed by atoms with E-state index in [1.165, 1.54) is 75.1 Å². The van der Waals surface area contributed by atoms with Crippen molar-refractivity contribution in [2.45, 2.75) is 13.8 Å². The van der Waals surface area contributed by atoms with Crippen LogP contribution in [0.25, 0.3) is 64.0 Å². The second-order valence-electron chi connectivity index (χ2n) is 15.9. The van der Waals surface area contributed by atoms with E-state index in [2.05, 4.69) is 242 Å². The summed E-state index contributed by atoms with van der Waals surface area (Å²) in [5.41, 5.74) is 14.1. The normalized spacial score (nSPS) is 11.4. The first-order chi connectivity index (χ1) is 30.1. The molecule has 10 aromatic carbocycles. The maximum atomic E-state index is 2.43. The van der Waals surface area contributed by atoms with Gasteiger partial charge in [-0.1, -0.05) is 169 Å². The zero-order chi connectivity index (χ0) is 40.9. The summed E-state index contributed by atoms with van der Waals surface area (Å²) in [6, 6.07) is 79.9. The van der Waals surface area contributed by atoms with Crippen molar-refractivity contribution in [1.29, 1.82) is 0 Å². The highest BCUT2D eigenvalue weighted by molar-refractivity contribution is 7.26. The number of benzene rings is 10. The molecule has 0 aliphatic heterocycles. The van der Waals surface area contributed by atoms with Crippen molar-refractivity contribution >= 4 is 87.2 Å². The standard InChI is InChI=1S/C58H42N2S/c1-39-21-29-45(30-22-39)59(47-33-25-43(26-34-47)41-13-5-3-6-14-41)53-37-55-57(51-19-11-9-17-49(51)53)58-52-20-12-10-18-50(52)54(38-56(58)61-55)60(46-31-23-40(2)24-32-46)48-35-27-44(28-36-48)42-15-7-4-8-16-42/h3-38H,1-2H3. The molecule has 0 atom stereocenters. The van der Waals surface area contributed by atoms with Crippen LogP contribution in [0.5, 0.6) is 0 Å². The number of nitrogens with zero attached hydrogens (tertiary/aromatic N) is 2. The predicted molar refractivity (Wildman–Crippen MR) is 264 cm³/mol. The van der Waals surface area contributed by atoms with Crippen molar-refractivity contribution in [2.24, 2.45) is 0 Å². The van der Waals surface area contributed by atoms with Gasteiger partial charge in [-0.25, -0.2) is 0 Å². The van der Waals surface area contributed by atoms with Crippen LogP contribution in [0.1, 0.15) is 11.1 Å². The van der Waals surface area contributed by atoms with E-state index in [4.69, 9.17) is 0 Å². The molecule has 0 spiro atoms. The number of rotatable bonds is 8. The summed E-state index contributed by atoms with van der Waals surface area (Å²) in [7, 11) is 0. The summed E-state index contributed by atoms with van der Waals surface area (Å²) in [6.45, 7) is 4.31. The molecule has 290 valence electrons. The first-order valence-corrected chi connectivity index (χ1v) is 21.7. The number of hydrogen-bond acceptors (Lipinski definition) is 3. The Kier molecular flexibility index (Phi) is 9.18. The van der Waals surface area contributed by atoms with Gasteiger partial charge in [0, 0.05) is 53.7 Å². The van der Waals surface area contributed by atoms with Crippen LogP contribution in [0.3, 0.4) is 0 Å². The van der Waals surface area contributed by atoms with E-state index in [9.17, 15) is 0 Å². The summed E-state index contributed by atoms with van der Waals surface area (Å²) in [6.07, 6.45) is 0. The van der Waals surface area contributed by atoms with E-state index in [-0.39, 0.29) is 0 Å². The molecule has 0 saturated heterocycles. The molecule has 1 heterocycles. The fourth-order valence-electron chi connectivity index (χ4n) is 8.94. The lowest BCUT2D eigenvalue weighted by molar-refractivity contribution is 1.29. The van der Waals surface area contributed by atoms with Gasteiger partial charge < -0.3 is 9.80 Å². The van der Waals surface area contributed by atoms with E-state index in [1.54, 1.807) is 0 Å². The van der Waals surface area contributed by atoms with Crippen LogP contribution in [0.2, 0.25) is 0 Å². The smallest absolute Gasteiger partial charge is 0.0554 e. The van der Waals surface area contributed by atoms with Crippen molar-refractivity contribution in [3.63, 3.8) is 0 Å². The number of hydrogen-bond donors (Lipinski definition) is 0. The van der Waals surface area contributed by atoms with Gasteiger partial charge in [0.05, 0.1) is 11.4 Å². The molecule has 0 amide bonds. The molecule has 2 nitrogen and oxygen atoms in total. The third kappa shape index (κ3) is 6.61. The predicted octanol–water partition coefficient (Wildman–Crippen LogP) is 17.3. The first kappa shape index (κ1) is 36.6. The van der Waals surface area contributed by atoms with Gasteiger partial charge in [-0.05, 0) is 108 Å². The maximum Gasteiger partial charge on any atom is 0.0554 e. The molecule has 0 radical (unpaired) electrons. The van der Waals surface area contributed by atoms with Crippen LogP contribution in [0.15, 0.2) is 218 Å². The third-order valence-corrected chi connectivity index (χ3v) is 13.1. The Morgan fingerprint density at radius 3 is 0.951 bits per heavy atom. The minimum Gasteiger partial charge on any atom is -0.310 e. The quantitative estimate of drug-likeness (QED) is 0.151. The Hall–Kier alpha value is -7.46. The van der Waals surface area contributed by atoms with Gasteiger partial charge in [0.2, 0.25) is 0 Å². The van der Waals surface area contributed by atoms with Gasteiger partial charge in [0.1, 0.15) is 0 Å². The summed E-state index contributed by atoms with van der Waals surface area (Å²) in [4.78, 5) is 4.87. The van der Waals surface area contributed by atoms with Gasteiger partial charge in [-0.3, -0.25) is 0 Å². The zero-order valence-corrected chi connectivity index (χ0v) is 34.9. The highest BCUT2D eigenvalue weighted by Gasteiger charge is 2.23. The largest absolute Gasteiger partial charge is 0.310 e. The maximum absolute atomic E-state index is 2.43. The van der Waals surface area contributed by atoms with E-state index in [0.29, 0.717) is 0 Å². The van der Waals surface area contributed by atoms with Crippen molar-refractivity contribution in [3.8, 4) is 22.3 Å². The first-order valence-electron chi connectivity index (χ1n) is 20.9. The fourth-order valence-corrected chi connectivity index (χ4v) is 10.1. The minimum absolute atomic E-state index is 1.12. The number of aryl methyl sites for hydroxylation is 2. The fraction of sp³-hybridized carbons (Fsp3) is 0.0345. The van der Waals surface area contributed by atoms with Gasteiger partial charge in [-0.15, -0.1) is 11.3 Å². The minimum atomic E-state index is 1.12. The summed E-state index contributed by atoms with van der Waals surface area (Å²) < 4.78 is 2.52. The number of fused-ring (bicyclic) bond motifs is 7. The van der Waals surface area contributed by atoms with Gasteiger partial charge >= 0.3 is 0 Å². The van der Waals surface area contributed by atoms with Gasteiger partial charge in [-0.2, -0.15) is 0 Å². The van der Waals surface area contributed by atoms with Gasteiger partial charge in [0.15, 0.2) is 0 Å². The molecule has 1 aromatic heterocycles. The molecule has 11 rings (SSSR count). The SMILES string of the molecule is Cc1ccc(N(c2ccc(-c3ccccc3)cc2)c2cc3sc4cc(N(c5ccc(C)cc5)c5ccc(-c6ccccc6)cc5)c5ccccc5c4c3c3ccccc23)cc1. The monoisotopic (exact) mass is 798 g/mol. The summed E-state index contributed by atoms with van der Waals surface area (Å²) in [5, 5.41) is 7.55. The molecule has 3 heteroatoms. The molecule has 0 bridgehead atoms. The average molecular weight is 799 g/mol. The lowest BCUT2D eigenvalue weighted by atomic mass is 9.96. The summed E-state index contributed by atoms with van der Waals surface area (Å²) in [5.74, 6) is 0. The average Bonchev–Trinajstić information content (AvgIpc) is 3.70. The molecule has 0 aliphatic carbocycles. The second kappa shape index (κ2) is 15.3. The van der Waals surface area contributed by atoms with E-state index >= 15 is 0 Å². The Balaban J connectivity index is 1.13. The molecule has 0 fully saturated rings. The molecular formula is C58H42N2S. The van der Waals surface area contributed by atoms with Crippen LogP contribution in [-0.2, 0) is 0 Å². The molecule has 11 aromatic rings. The van der Waals surface area contributed by atoms with Crippen molar-refractivity contribution < 1.29 is 0 Å². The number of anilines is 6. The Morgan fingerprint density at radius 2 is 0.590 bits per heavy atom. The van der Waals surface area contributed by atoms with E-state index in [1.807, 2.05) is 11.3 Å². The second-order valence-corrected chi connectivity index (χ2v) is 17.0. The molecule has 0 N–H and O–H groups in total. The van der Waals surface area contributed by atoms with Crippen molar-refractivity contribution in [1.82, 2.24) is 0 Å². The lowest BCUT2D eigenvalue weighted by Gasteiger charge is -2.28. The van der Waals surface area contributed by atoms with Crippen LogP contribution in [0.4, 0.5) is 34.1 Å². The van der Waals surface area contributed by atoms with Crippen molar-refractivity contribution in [2.75, 3.05) is 9.80 Å². The topological polar surface area (TPSA) is 6.48 Å². The third-order valence-electron chi connectivity index (χ3n) is 12.0. The molecule has 61 heavy (non-hydrogen) atoms. The highest BCUT2D eigenvalue weighted by atomic mass is 32.1. The molecule has 0 aliphatic rings. The zero-order valence-electron chi connectivity index (χ0n) is 34.1. The van der Waals surface area contributed by atoms with Crippen LogP contribution in [-0.4, -0.2) is 0 Å². The van der Waals surface area contributed by atoms with Crippen LogP contribution < -0.4 is 9.80 Å². The molecule has 0 saturated carbocycles. The molecule has 0 unspecified atom stereocenters. The van der Waals surface area contributed by atoms with E-state index < -0.39 is 0 Å². The Morgan fingerprint density at radius 1 is 0.295 bits per heavy atom. The lowest BCUT2D eigenvalue weighted by Crippen LogP contribution is -2.10. The van der Waals surface area contributed by atoms with Crippen LogP contribution >= 0.6 is 11.3 Å². The Bertz CT molecular complexity index is 3110. The van der Waals surface area contributed by atoms with Crippen LogP contribution in [0, 0.1) is 13.8 Å². The van der Waals surface area contributed by atoms with E-state index in [0.717, 1.165) is 34.1 Å². The molecular weight excluding hydrogens is 757 g/mol. The van der Waals surface area contributed by atoms with Crippen molar-refractivity contribution in [3.05, 3.63) is 230 Å². The van der Waals surface area contributed by atoms with Gasteiger partial charge in [0.25, 0.3) is 0 Å². The highest BCUT2D eigenvalue weighted by Crippen LogP contribution is 2.51.